The Hall–Kier alpha value is -0.830. The third-order valence-corrected chi connectivity index (χ3v) is 1.34. The van der Waals surface area contributed by atoms with Gasteiger partial charge in [-0.2, -0.15) is 0 Å². The Labute approximate surface area is 61.3 Å². The van der Waals surface area contributed by atoms with Crippen molar-refractivity contribution < 1.29 is 4.79 Å². The number of likely N-dealkylation sites (N-methyl/N-ethyl adjacent to an activating group) is 1. The van der Waals surface area contributed by atoms with E-state index in [4.69, 9.17) is 5.73 Å². The standard InChI is InChI=1S/C7H14N2O/c1-5(7(8)10)4-6(2)9-3/h4,6,9H,1-3H3,(H2,8,10). The fourth-order valence-electron chi connectivity index (χ4n) is 0.540. The van der Waals surface area contributed by atoms with Gasteiger partial charge in [0.2, 0.25) is 5.91 Å². The molecule has 0 aromatic rings. The van der Waals surface area contributed by atoms with Gasteiger partial charge in [-0.25, -0.2) is 0 Å². The van der Waals surface area contributed by atoms with Gasteiger partial charge >= 0.3 is 0 Å². The van der Waals surface area contributed by atoms with E-state index in [-0.39, 0.29) is 11.9 Å². The van der Waals surface area contributed by atoms with Crippen LogP contribution < -0.4 is 11.1 Å². The maximum Gasteiger partial charge on any atom is 0.244 e. The van der Waals surface area contributed by atoms with Crippen molar-refractivity contribution in [2.24, 2.45) is 5.73 Å². The van der Waals surface area contributed by atoms with Gasteiger partial charge in [-0.3, -0.25) is 4.79 Å². The largest absolute Gasteiger partial charge is 0.366 e. The molecule has 1 unspecified atom stereocenters. The van der Waals surface area contributed by atoms with Gasteiger partial charge in [-0.15, -0.1) is 0 Å². The molecule has 0 aliphatic rings. The number of primary amides is 1. The molecule has 10 heavy (non-hydrogen) atoms. The van der Waals surface area contributed by atoms with E-state index in [0.717, 1.165) is 0 Å². The summed E-state index contributed by atoms with van der Waals surface area (Å²) in [5.74, 6) is -0.359. The predicted octanol–water partition coefficient (Wildman–Crippen LogP) is 0.0259. The van der Waals surface area contributed by atoms with Crippen molar-refractivity contribution in [2.45, 2.75) is 19.9 Å². The van der Waals surface area contributed by atoms with Crippen LogP contribution in [0.25, 0.3) is 0 Å². The first-order chi connectivity index (χ1) is 4.57. The zero-order valence-corrected chi connectivity index (χ0v) is 6.64. The van der Waals surface area contributed by atoms with Crippen LogP contribution >= 0.6 is 0 Å². The molecule has 0 radical (unpaired) electrons. The zero-order chi connectivity index (χ0) is 8.15. The second kappa shape index (κ2) is 4.06. The minimum atomic E-state index is -0.359. The zero-order valence-electron chi connectivity index (χ0n) is 6.64. The molecule has 0 bridgehead atoms. The smallest absolute Gasteiger partial charge is 0.244 e. The average Bonchev–Trinajstić information content (AvgIpc) is 1.87. The van der Waals surface area contributed by atoms with Crippen LogP contribution in [0.5, 0.6) is 0 Å². The second-order valence-electron chi connectivity index (χ2n) is 2.29. The van der Waals surface area contributed by atoms with Gasteiger partial charge in [0.25, 0.3) is 0 Å². The first kappa shape index (κ1) is 9.17. The van der Waals surface area contributed by atoms with Crippen LogP contribution in [-0.4, -0.2) is 19.0 Å². The van der Waals surface area contributed by atoms with Gasteiger partial charge in [0.1, 0.15) is 0 Å². The molecule has 0 aromatic carbocycles. The first-order valence-electron chi connectivity index (χ1n) is 3.23. The molecule has 0 saturated carbocycles. The van der Waals surface area contributed by atoms with Gasteiger partial charge in [0.05, 0.1) is 0 Å². The highest BCUT2D eigenvalue weighted by molar-refractivity contribution is 5.91. The lowest BCUT2D eigenvalue weighted by Gasteiger charge is -2.03. The minimum Gasteiger partial charge on any atom is -0.366 e. The SMILES string of the molecule is CNC(C)C=C(C)C(N)=O. The van der Waals surface area contributed by atoms with Crippen molar-refractivity contribution in [3.05, 3.63) is 11.6 Å². The van der Waals surface area contributed by atoms with Crippen molar-refractivity contribution in [3.8, 4) is 0 Å². The summed E-state index contributed by atoms with van der Waals surface area (Å²) in [7, 11) is 1.83. The molecular formula is C7H14N2O. The first-order valence-corrected chi connectivity index (χ1v) is 3.23. The second-order valence-corrected chi connectivity index (χ2v) is 2.29. The molecule has 0 aromatic heterocycles. The van der Waals surface area contributed by atoms with E-state index in [1.165, 1.54) is 0 Å². The van der Waals surface area contributed by atoms with Crippen LogP contribution in [0.15, 0.2) is 11.6 Å². The van der Waals surface area contributed by atoms with Crippen molar-refractivity contribution in [1.29, 1.82) is 0 Å². The summed E-state index contributed by atoms with van der Waals surface area (Å²) in [6, 6.07) is 0.201. The molecule has 0 spiro atoms. The highest BCUT2D eigenvalue weighted by Crippen LogP contribution is 1.93. The Morgan fingerprint density at radius 3 is 2.50 bits per heavy atom. The van der Waals surface area contributed by atoms with E-state index in [1.807, 2.05) is 14.0 Å². The van der Waals surface area contributed by atoms with Gasteiger partial charge in [0.15, 0.2) is 0 Å². The molecule has 1 amide bonds. The highest BCUT2D eigenvalue weighted by atomic mass is 16.1. The van der Waals surface area contributed by atoms with E-state index in [9.17, 15) is 4.79 Å². The minimum absolute atomic E-state index is 0.201. The third kappa shape index (κ3) is 3.25. The van der Waals surface area contributed by atoms with Crippen LogP contribution in [0.1, 0.15) is 13.8 Å². The number of carbonyl (C=O) groups is 1. The third-order valence-electron chi connectivity index (χ3n) is 1.34. The lowest BCUT2D eigenvalue weighted by atomic mass is 10.2. The Balaban J connectivity index is 4.02. The van der Waals surface area contributed by atoms with Gasteiger partial charge in [-0.1, -0.05) is 6.08 Å². The summed E-state index contributed by atoms with van der Waals surface area (Å²) in [5.41, 5.74) is 5.60. The molecule has 3 heteroatoms. The summed E-state index contributed by atoms with van der Waals surface area (Å²) in [6.45, 7) is 3.66. The number of rotatable bonds is 3. The Morgan fingerprint density at radius 1 is 1.70 bits per heavy atom. The number of nitrogens with one attached hydrogen (secondary N) is 1. The summed E-state index contributed by atoms with van der Waals surface area (Å²) >= 11 is 0. The van der Waals surface area contributed by atoms with E-state index in [2.05, 4.69) is 5.32 Å². The molecule has 0 saturated heterocycles. The maximum absolute atomic E-state index is 10.5. The van der Waals surface area contributed by atoms with Crippen LogP contribution in [0, 0.1) is 0 Å². The lowest BCUT2D eigenvalue weighted by Crippen LogP contribution is -2.21. The summed E-state index contributed by atoms with van der Waals surface area (Å²) in [4.78, 5) is 10.5. The van der Waals surface area contributed by atoms with Gasteiger partial charge in [-0.05, 0) is 20.9 Å². The summed E-state index contributed by atoms with van der Waals surface area (Å²) < 4.78 is 0. The average molecular weight is 142 g/mol. The van der Waals surface area contributed by atoms with Crippen LogP contribution in [0.3, 0.4) is 0 Å². The number of nitrogens with two attached hydrogens (primary N) is 1. The topological polar surface area (TPSA) is 55.1 Å². The van der Waals surface area contributed by atoms with Crippen molar-refractivity contribution >= 4 is 5.91 Å². The van der Waals surface area contributed by atoms with E-state index in [0.29, 0.717) is 5.57 Å². The van der Waals surface area contributed by atoms with Gasteiger partial charge < -0.3 is 11.1 Å². The molecule has 3 nitrogen and oxygen atoms in total. The van der Waals surface area contributed by atoms with Crippen molar-refractivity contribution in [3.63, 3.8) is 0 Å². The number of amides is 1. The molecular weight excluding hydrogens is 128 g/mol. The monoisotopic (exact) mass is 142 g/mol. The molecule has 58 valence electrons. The van der Waals surface area contributed by atoms with Crippen molar-refractivity contribution in [2.75, 3.05) is 7.05 Å². The molecule has 0 heterocycles. The number of hydrogen-bond donors (Lipinski definition) is 2. The highest BCUT2D eigenvalue weighted by Gasteiger charge is 1.98. The quantitative estimate of drug-likeness (QED) is 0.546. The van der Waals surface area contributed by atoms with E-state index >= 15 is 0 Å². The maximum atomic E-state index is 10.5. The molecule has 0 fully saturated rings. The van der Waals surface area contributed by atoms with E-state index in [1.54, 1.807) is 13.0 Å². The number of carbonyl (C=O) groups excluding carboxylic acids is 1. The van der Waals surface area contributed by atoms with Gasteiger partial charge in [0, 0.05) is 11.6 Å². The normalized spacial score (nSPS) is 14.9. The lowest BCUT2D eigenvalue weighted by molar-refractivity contribution is -0.114. The fraction of sp³-hybridized carbons (Fsp3) is 0.571. The van der Waals surface area contributed by atoms with Crippen molar-refractivity contribution in [1.82, 2.24) is 5.32 Å². The Bertz CT molecular complexity index is 152. The fourth-order valence-corrected chi connectivity index (χ4v) is 0.540. The summed E-state index contributed by atoms with van der Waals surface area (Å²) in [6.07, 6.45) is 1.79. The Morgan fingerprint density at radius 2 is 2.20 bits per heavy atom. The molecule has 3 N–H and O–H groups in total. The van der Waals surface area contributed by atoms with Crippen LogP contribution in [-0.2, 0) is 4.79 Å². The van der Waals surface area contributed by atoms with Crippen LogP contribution in [0.2, 0.25) is 0 Å². The molecule has 1 atom stereocenters. The number of hydrogen-bond acceptors (Lipinski definition) is 2. The van der Waals surface area contributed by atoms with Crippen LogP contribution in [0.4, 0.5) is 0 Å². The molecule has 0 aliphatic heterocycles. The molecule has 0 rings (SSSR count). The Kier molecular flexibility index (Phi) is 3.72. The predicted molar refractivity (Wildman–Crippen MR) is 41.5 cm³/mol. The van der Waals surface area contributed by atoms with E-state index < -0.39 is 0 Å². The summed E-state index contributed by atoms with van der Waals surface area (Å²) in [5, 5.41) is 2.97. The molecule has 0 aliphatic carbocycles.